The van der Waals surface area contributed by atoms with Gasteiger partial charge in [0.05, 0.1) is 5.60 Å². The molecule has 3 aliphatic rings. The van der Waals surface area contributed by atoms with Gasteiger partial charge in [-0.25, -0.2) is 0 Å². The maximum Gasteiger partial charge on any atom is 0.0781 e. The van der Waals surface area contributed by atoms with Crippen molar-refractivity contribution in [2.45, 2.75) is 70.6 Å². The minimum Gasteiger partial charge on any atom is -0.374 e. The number of ether oxygens (including phenoxy) is 1. The fourth-order valence-electron chi connectivity index (χ4n) is 4.28. The van der Waals surface area contributed by atoms with Gasteiger partial charge in [0.25, 0.3) is 0 Å². The second kappa shape index (κ2) is 5.26. The van der Waals surface area contributed by atoms with Crippen LogP contribution in [0.15, 0.2) is 0 Å². The lowest BCUT2D eigenvalue weighted by atomic mass is 9.87. The first-order valence-corrected chi connectivity index (χ1v) is 8.55. The van der Waals surface area contributed by atoms with E-state index in [2.05, 4.69) is 37.9 Å². The highest BCUT2D eigenvalue weighted by molar-refractivity contribution is 5.05. The van der Waals surface area contributed by atoms with Crippen LogP contribution < -0.4 is 5.32 Å². The molecule has 1 aliphatic carbocycles. The van der Waals surface area contributed by atoms with Gasteiger partial charge in [-0.05, 0) is 51.4 Å². The minimum atomic E-state index is 0.0922. The molecular weight excluding hydrogens is 248 g/mol. The summed E-state index contributed by atoms with van der Waals surface area (Å²) in [4.78, 5) is 2.74. The molecule has 0 aromatic carbocycles. The van der Waals surface area contributed by atoms with Crippen LogP contribution >= 0.6 is 0 Å². The lowest BCUT2D eigenvalue weighted by Gasteiger charge is -2.50. The quantitative estimate of drug-likeness (QED) is 0.857. The van der Waals surface area contributed by atoms with E-state index >= 15 is 0 Å². The lowest BCUT2D eigenvalue weighted by molar-refractivity contribution is -0.0450. The average molecular weight is 280 g/mol. The maximum absolute atomic E-state index is 6.05. The standard InChI is InChI=1S/C17H32N2O/c1-13(2)15-10-18-17(4,14-6-7-14)12-19(15)11-16(3)8-5-9-20-16/h13-15,18H,5-12H2,1-4H3. The summed E-state index contributed by atoms with van der Waals surface area (Å²) in [6.45, 7) is 13.9. The monoisotopic (exact) mass is 280 g/mol. The van der Waals surface area contributed by atoms with E-state index in [9.17, 15) is 0 Å². The van der Waals surface area contributed by atoms with Crippen LogP contribution in [-0.2, 0) is 4.74 Å². The Bertz CT molecular complexity index is 345. The summed E-state index contributed by atoms with van der Waals surface area (Å²) >= 11 is 0. The van der Waals surface area contributed by atoms with Crippen LogP contribution in [-0.4, -0.2) is 48.3 Å². The highest BCUT2D eigenvalue weighted by Gasteiger charge is 2.47. The molecule has 0 aromatic rings. The molecule has 20 heavy (non-hydrogen) atoms. The van der Waals surface area contributed by atoms with Crippen molar-refractivity contribution in [3.8, 4) is 0 Å². The van der Waals surface area contributed by atoms with Crippen molar-refractivity contribution in [3.05, 3.63) is 0 Å². The third-order valence-electron chi connectivity index (χ3n) is 5.80. The summed E-state index contributed by atoms with van der Waals surface area (Å²) in [5.41, 5.74) is 0.426. The van der Waals surface area contributed by atoms with E-state index < -0.39 is 0 Å². The number of piperazine rings is 1. The Balaban J connectivity index is 1.71. The molecule has 1 N–H and O–H groups in total. The molecule has 3 fully saturated rings. The van der Waals surface area contributed by atoms with Gasteiger partial charge in [0.1, 0.15) is 0 Å². The SMILES string of the molecule is CC(C)C1CNC(C)(C2CC2)CN1CC1(C)CCCO1. The predicted molar refractivity (Wildman–Crippen MR) is 82.9 cm³/mol. The van der Waals surface area contributed by atoms with E-state index in [1.165, 1.54) is 32.2 Å². The molecule has 2 heterocycles. The van der Waals surface area contributed by atoms with Gasteiger partial charge >= 0.3 is 0 Å². The largest absolute Gasteiger partial charge is 0.374 e. The summed E-state index contributed by atoms with van der Waals surface area (Å²) in [5.74, 6) is 1.60. The van der Waals surface area contributed by atoms with E-state index in [0.717, 1.165) is 25.6 Å². The fourth-order valence-corrected chi connectivity index (χ4v) is 4.28. The summed E-state index contributed by atoms with van der Waals surface area (Å²) in [7, 11) is 0. The minimum absolute atomic E-state index is 0.0922. The Labute approximate surface area is 124 Å². The zero-order valence-electron chi connectivity index (χ0n) is 13.7. The lowest BCUT2D eigenvalue weighted by Crippen LogP contribution is -2.66. The summed E-state index contributed by atoms with van der Waals surface area (Å²) in [6, 6.07) is 0.655. The molecule has 0 aromatic heterocycles. The Kier molecular flexibility index (Phi) is 3.89. The molecule has 116 valence electrons. The normalized spacial score (nSPS) is 43.4. The third kappa shape index (κ3) is 2.90. The number of hydrogen-bond acceptors (Lipinski definition) is 3. The Morgan fingerprint density at radius 1 is 1.30 bits per heavy atom. The molecule has 0 bridgehead atoms. The van der Waals surface area contributed by atoms with E-state index in [1.807, 2.05) is 0 Å². The van der Waals surface area contributed by atoms with Gasteiger partial charge in [-0.3, -0.25) is 4.90 Å². The first-order chi connectivity index (χ1) is 9.42. The Morgan fingerprint density at radius 2 is 2.05 bits per heavy atom. The Hall–Kier alpha value is -0.120. The second-order valence-electron chi connectivity index (χ2n) is 8.19. The topological polar surface area (TPSA) is 24.5 Å². The van der Waals surface area contributed by atoms with Crippen molar-refractivity contribution in [3.63, 3.8) is 0 Å². The highest BCUT2D eigenvalue weighted by atomic mass is 16.5. The predicted octanol–water partition coefficient (Wildman–Crippen LogP) is 2.65. The number of nitrogens with zero attached hydrogens (tertiary/aromatic N) is 1. The molecule has 0 spiro atoms. The molecule has 3 atom stereocenters. The van der Waals surface area contributed by atoms with Gasteiger partial charge in [-0.1, -0.05) is 13.8 Å². The highest BCUT2D eigenvalue weighted by Crippen LogP contribution is 2.42. The molecule has 3 rings (SSSR count). The summed E-state index contributed by atoms with van der Waals surface area (Å²) < 4.78 is 6.05. The van der Waals surface area contributed by atoms with Gasteiger partial charge < -0.3 is 10.1 Å². The van der Waals surface area contributed by atoms with Crippen LogP contribution in [0.5, 0.6) is 0 Å². The summed E-state index contributed by atoms with van der Waals surface area (Å²) in [5, 5.41) is 3.87. The number of rotatable bonds is 4. The smallest absolute Gasteiger partial charge is 0.0781 e. The van der Waals surface area contributed by atoms with Crippen molar-refractivity contribution < 1.29 is 4.74 Å². The average Bonchev–Trinajstić information content (AvgIpc) is 3.14. The Morgan fingerprint density at radius 3 is 2.60 bits per heavy atom. The van der Waals surface area contributed by atoms with Gasteiger partial charge in [0.2, 0.25) is 0 Å². The van der Waals surface area contributed by atoms with Crippen molar-refractivity contribution >= 4 is 0 Å². The molecule has 1 saturated carbocycles. The molecule has 2 saturated heterocycles. The van der Waals surface area contributed by atoms with Crippen molar-refractivity contribution in [1.29, 1.82) is 0 Å². The third-order valence-corrected chi connectivity index (χ3v) is 5.80. The molecular formula is C17H32N2O. The zero-order chi connectivity index (χ0) is 14.4. The van der Waals surface area contributed by atoms with Crippen LogP contribution in [0, 0.1) is 11.8 Å². The summed E-state index contributed by atoms with van der Waals surface area (Å²) in [6.07, 6.45) is 5.28. The van der Waals surface area contributed by atoms with Crippen molar-refractivity contribution in [1.82, 2.24) is 10.2 Å². The van der Waals surface area contributed by atoms with Crippen LogP contribution in [0.1, 0.15) is 53.4 Å². The molecule has 3 unspecified atom stereocenters. The van der Waals surface area contributed by atoms with E-state index in [-0.39, 0.29) is 5.60 Å². The van der Waals surface area contributed by atoms with Gasteiger partial charge in [-0.2, -0.15) is 0 Å². The van der Waals surface area contributed by atoms with E-state index in [0.29, 0.717) is 17.5 Å². The fraction of sp³-hybridized carbons (Fsp3) is 1.00. The number of nitrogens with one attached hydrogen (secondary N) is 1. The zero-order valence-corrected chi connectivity index (χ0v) is 13.7. The first-order valence-electron chi connectivity index (χ1n) is 8.55. The molecule has 3 nitrogen and oxygen atoms in total. The van der Waals surface area contributed by atoms with E-state index in [1.54, 1.807) is 0 Å². The molecule has 2 aliphatic heterocycles. The molecule has 0 amide bonds. The molecule has 3 heteroatoms. The van der Waals surface area contributed by atoms with Crippen LogP contribution in [0.25, 0.3) is 0 Å². The van der Waals surface area contributed by atoms with Crippen LogP contribution in [0.3, 0.4) is 0 Å². The van der Waals surface area contributed by atoms with Gasteiger partial charge in [-0.15, -0.1) is 0 Å². The number of hydrogen-bond donors (Lipinski definition) is 1. The van der Waals surface area contributed by atoms with Crippen LogP contribution in [0.4, 0.5) is 0 Å². The van der Waals surface area contributed by atoms with Gasteiger partial charge in [0.15, 0.2) is 0 Å². The van der Waals surface area contributed by atoms with E-state index in [4.69, 9.17) is 4.74 Å². The van der Waals surface area contributed by atoms with Gasteiger partial charge in [0, 0.05) is 37.8 Å². The van der Waals surface area contributed by atoms with Crippen molar-refractivity contribution in [2.24, 2.45) is 11.8 Å². The van der Waals surface area contributed by atoms with Crippen LogP contribution in [0.2, 0.25) is 0 Å². The second-order valence-corrected chi connectivity index (χ2v) is 8.19. The maximum atomic E-state index is 6.05. The first kappa shape index (κ1) is 14.8. The van der Waals surface area contributed by atoms with Crippen molar-refractivity contribution in [2.75, 3.05) is 26.2 Å². The molecule has 0 radical (unpaired) electrons.